The van der Waals surface area contributed by atoms with Gasteiger partial charge in [0.25, 0.3) is 0 Å². The van der Waals surface area contributed by atoms with Gasteiger partial charge in [0.1, 0.15) is 0 Å². The Kier molecular flexibility index (Phi) is 3.74. The van der Waals surface area contributed by atoms with E-state index in [-0.39, 0.29) is 0 Å². The van der Waals surface area contributed by atoms with Gasteiger partial charge in [0, 0.05) is 0 Å². The van der Waals surface area contributed by atoms with Gasteiger partial charge in [-0.05, 0) is 55.8 Å². The molecule has 0 saturated heterocycles. The van der Waals surface area contributed by atoms with Crippen LogP contribution in [0.4, 0.5) is 13.2 Å². The maximum atomic E-state index is 12.6. The van der Waals surface area contributed by atoms with Crippen molar-refractivity contribution in [3.05, 3.63) is 0 Å². The van der Waals surface area contributed by atoms with Crippen molar-refractivity contribution in [1.29, 1.82) is 0 Å². The van der Waals surface area contributed by atoms with Gasteiger partial charge >= 0.3 is 6.18 Å². The maximum absolute atomic E-state index is 12.6. The Labute approximate surface area is 102 Å². The fourth-order valence-electron chi connectivity index (χ4n) is 3.94. The lowest BCUT2D eigenvalue weighted by atomic mass is 9.72. The van der Waals surface area contributed by atoms with E-state index in [4.69, 9.17) is 0 Å². The molecule has 0 amide bonds. The van der Waals surface area contributed by atoms with E-state index < -0.39 is 12.1 Å². The molecule has 0 aromatic rings. The summed E-state index contributed by atoms with van der Waals surface area (Å²) in [5, 5.41) is 0. The molecule has 3 unspecified atom stereocenters. The Morgan fingerprint density at radius 2 is 1.41 bits per heavy atom. The van der Waals surface area contributed by atoms with Crippen molar-refractivity contribution in [3.8, 4) is 0 Å². The van der Waals surface area contributed by atoms with Crippen LogP contribution in [0.3, 0.4) is 0 Å². The van der Waals surface area contributed by atoms with E-state index in [9.17, 15) is 13.2 Å². The third-order valence-corrected chi connectivity index (χ3v) is 5.37. The van der Waals surface area contributed by atoms with Gasteiger partial charge in [-0.1, -0.05) is 20.3 Å². The zero-order valence-corrected chi connectivity index (χ0v) is 10.8. The van der Waals surface area contributed by atoms with E-state index in [1.165, 1.54) is 12.8 Å². The summed E-state index contributed by atoms with van der Waals surface area (Å²) in [5.41, 5.74) is 0. The fourth-order valence-corrected chi connectivity index (χ4v) is 3.94. The molecule has 2 rings (SSSR count). The molecule has 100 valence electrons. The molecule has 17 heavy (non-hydrogen) atoms. The van der Waals surface area contributed by atoms with E-state index >= 15 is 0 Å². The highest BCUT2D eigenvalue weighted by Gasteiger charge is 2.44. The Bertz CT molecular complexity index is 251. The molecule has 3 atom stereocenters. The zero-order valence-electron chi connectivity index (χ0n) is 10.8. The Morgan fingerprint density at radius 1 is 0.824 bits per heavy atom. The molecular weight excluding hydrogens is 225 g/mol. The van der Waals surface area contributed by atoms with Crippen LogP contribution < -0.4 is 0 Å². The molecule has 0 N–H and O–H groups in total. The summed E-state index contributed by atoms with van der Waals surface area (Å²) >= 11 is 0. The van der Waals surface area contributed by atoms with Gasteiger partial charge in [0.15, 0.2) is 0 Å². The summed E-state index contributed by atoms with van der Waals surface area (Å²) in [7, 11) is 0. The first-order valence-electron chi connectivity index (χ1n) is 6.96. The molecule has 0 radical (unpaired) electrons. The smallest absolute Gasteiger partial charge is 0.171 e. The first-order valence-corrected chi connectivity index (χ1v) is 6.96. The third kappa shape index (κ3) is 2.79. The normalized spacial score (nSPS) is 43.9. The lowest BCUT2D eigenvalue weighted by molar-refractivity contribution is -0.185. The van der Waals surface area contributed by atoms with Gasteiger partial charge < -0.3 is 0 Å². The van der Waals surface area contributed by atoms with Crippen LogP contribution in [0.15, 0.2) is 0 Å². The minimum absolute atomic E-state index is 0.367. The van der Waals surface area contributed by atoms with Crippen LogP contribution in [0.1, 0.15) is 52.4 Å². The fraction of sp³-hybridized carbons (Fsp3) is 1.00. The van der Waals surface area contributed by atoms with E-state index in [2.05, 4.69) is 13.8 Å². The zero-order chi connectivity index (χ0) is 12.6. The summed E-state index contributed by atoms with van der Waals surface area (Å²) in [5.74, 6) is 1.71. The molecule has 0 spiro atoms. The quantitative estimate of drug-likeness (QED) is 0.610. The van der Waals surface area contributed by atoms with E-state index in [1.54, 1.807) is 0 Å². The van der Waals surface area contributed by atoms with Crippen molar-refractivity contribution >= 4 is 0 Å². The molecule has 2 aliphatic rings. The highest BCUT2D eigenvalue weighted by Crippen LogP contribution is 2.48. The SMILES string of the molecule is CC1CCC(C2CCC(C(F)(F)F)CC2)C1C. The van der Waals surface area contributed by atoms with Crippen LogP contribution in [0.2, 0.25) is 0 Å². The number of alkyl halides is 3. The van der Waals surface area contributed by atoms with Gasteiger partial charge in [-0.15, -0.1) is 0 Å². The minimum atomic E-state index is -3.96. The van der Waals surface area contributed by atoms with Crippen molar-refractivity contribution < 1.29 is 13.2 Å². The Balaban J connectivity index is 1.87. The largest absolute Gasteiger partial charge is 0.391 e. The van der Waals surface area contributed by atoms with E-state index in [0.29, 0.717) is 30.6 Å². The highest BCUT2D eigenvalue weighted by molar-refractivity contribution is 4.88. The van der Waals surface area contributed by atoms with E-state index in [0.717, 1.165) is 18.8 Å². The molecule has 0 heterocycles. The van der Waals surface area contributed by atoms with Crippen LogP contribution in [-0.2, 0) is 0 Å². The molecule has 2 saturated carbocycles. The molecule has 0 aromatic heterocycles. The number of hydrogen-bond acceptors (Lipinski definition) is 0. The molecule has 3 heteroatoms. The first-order chi connectivity index (χ1) is 7.89. The lowest BCUT2D eigenvalue weighted by Crippen LogP contribution is -2.31. The summed E-state index contributed by atoms with van der Waals surface area (Å²) in [6.45, 7) is 4.57. The molecule has 2 aliphatic carbocycles. The average molecular weight is 248 g/mol. The first kappa shape index (κ1) is 13.2. The average Bonchev–Trinajstić information content (AvgIpc) is 2.59. The summed E-state index contributed by atoms with van der Waals surface area (Å²) in [4.78, 5) is 0. The molecule has 0 bridgehead atoms. The van der Waals surface area contributed by atoms with Crippen molar-refractivity contribution in [2.45, 2.75) is 58.5 Å². The Morgan fingerprint density at radius 3 is 1.82 bits per heavy atom. The monoisotopic (exact) mass is 248 g/mol. The standard InChI is InChI=1S/C14H23F3/c1-9-3-8-13(10(9)2)11-4-6-12(7-5-11)14(15,16)17/h9-13H,3-8H2,1-2H3. The summed E-state index contributed by atoms with van der Waals surface area (Å²) < 4.78 is 37.8. The lowest BCUT2D eigenvalue weighted by Gasteiger charge is -2.35. The number of halogens is 3. The van der Waals surface area contributed by atoms with E-state index in [1.807, 2.05) is 0 Å². The molecule has 0 aliphatic heterocycles. The molecular formula is C14H23F3. The van der Waals surface area contributed by atoms with Gasteiger partial charge in [-0.3, -0.25) is 0 Å². The second kappa shape index (κ2) is 4.81. The van der Waals surface area contributed by atoms with Crippen molar-refractivity contribution in [2.75, 3.05) is 0 Å². The van der Waals surface area contributed by atoms with Crippen molar-refractivity contribution in [1.82, 2.24) is 0 Å². The van der Waals surface area contributed by atoms with Crippen molar-refractivity contribution in [2.24, 2.45) is 29.6 Å². The Hall–Kier alpha value is -0.210. The van der Waals surface area contributed by atoms with Crippen LogP contribution >= 0.6 is 0 Å². The second-order valence-corrected chi connectivity index (χ2v) is 6.23. The maximum Gasteiger partial charge on any atom is 0.391 e. The summed E-state index contributed by atoms with van der Waals surface area (Å²) in [6.07, 6.45) is 0.879. The predicted molar refractivity (Wildman–Crippen MR) is 62.6 cm³/mol. The van der Waals surface area contributed by atoms with Gasteiger partial charge in [0.05, 0.1) is 5.92 Å². The van der Waals surface area contributed by atoms with Gasteiger partial charge in [-0.25, -0.2) is 0 Å². The highest BCUT2D eigenvalue weighted by atomic mass is 19.4. The topological polar surface area (TPSA) is 0 Å². The van der Waals surface area contributed by atoms with Crippen LogP contribution in [0, 0.1) is 29.6 Å². The number of hydrogen-bond donors (Lipinski definition) is 0. The van der Waals surface area contributed by atoms with Crippen LogP contribution in [0.5, 0.6) is 0 Å². The van der Waals surface area contributed by atoms with Crippen molar-refractivity contribution in [3.63, 3.8) is 0 Å². The molecule has 2 fully saturated rings. The second-order valence-electron chi connectivity index (χ2n) is 6.23. The van der Waals surface area contributed by atoms with Gasteiger partial charge in [-0.2, -0.15) is 13.2 Å². The molecule has 0 nitrogen and oxygen atoms in total. The summed E-state index contributed by atoms with van der Waals surface area (Å²) in [6, 6.07) is 0. The third-order valence-electron chi connectivity index (χ3n) is 5.37. The number of rotatable bonds is 1. The predicted octanol–water partition coefficient (Wildman–Crippen LogP) is 5.04. The van der Waals surface area contributed by atoms with Crippen LogP contribution in [0.25, 0.3) is 0 Å². The minimum Gasteiger partial charge on any atom is -0.171 e. The van der Waals surface area contributed by atoms with Gasteiger partial charge in [0.2, 0.25) is 0 Å². The molecule has 0 aromatic carbocycles. The van der Waals surface area contributed by atoms with Crippen LogP contribution in [-0.4, -0.2) is 6.18 Å².